The van der Waals surface area contributed by atoms with E-state index in [4.69, 9.17) is 4.74 Å². The summed E-state index contributed by atoms with van der Waals surface area (Å²) in [5.74, 6) is 0.304. The third-order valence-corrected chi connectivity index (χ3v) is 3.20. The second-order valence-corrected chi connectivity index (χ2v) is 4.70. The molecule has 3 rings (SSSR count). The number of aldehydes is 1. The molecule has 0 N–H and O–H groups in total. The lowest BCUT2D eigenvalue weighted by Gasteiger charge is -2.09. The van der Waals surface area contributed by atoms with E-state index < -0.39 is 0 Å². The predicted octanol–water partition coefficient (Wildman–Crippen LogP) is 4.29. The lowest BCUT2D eigenvalue weighted by atomic mass is 10.1. The van der Waals surface area contributed by atoms with Crippen molar-refractivity contribution in [2.45, 2.75) is 6.92 Å². The standard InChI is InChI=1S/C17H12FNO2/c1-11-3-2-4-12-9-13(10-20)17(19-16(11)12)21-15-7-5-14(18)6-8-15/h2-10H,1H3. The van der Waals surface area contributed by atoms with Crippen molar-refractivity contribution >= 4 is 17.2 Å². The summed E-state index contributed by atoms with van der Waals surface area (Å²) in [6, 6.07) is 13.1. The van der Waals surface area contributed by atoms with Crippen LogP contribution in [0.1, 0.15) is 15.9 Å². The Balaban J connectivity index is 2.09. The molecule has 0 aliphatic rings. The van der Waals surface area contributed by atoms with Gasteiger partial charge in [-0.3, -0.25) is 4.79 Å². The van der Waals surface area contributed by atoms with Crippen LogP contribution in [-0.4, -0.2) is 11.3 Å². The number of hydrogen-bond acceptors (Lipinski definition) is 3. The number of aromatic nitrogens is 1. The third-order valence-electron chi connectivity index (χ3n) is 3.20. The van der Waals surface area contributed by atoms with Crippen molar-refractivity contribution in [1.82, 2.24) is 4.98 Å². The molecule has 1 aromatic heterocycles. The summed E-state index contributed by atoms with van der Waals surface area (Å²) in [7, 11) is 0. The van der Waals surface area contributed by atoms with E-state index in [0.717, 1.165) is 16.5 Å². The first-order chi connectivity index (χ1) is 10.2. The zero-order valence-electron chi connectivity index (χ0n) is 11.3. The molecule has 0 radical (unpaired) electrons. The molecule has 0 atom stereocenters. The molecule has 21 heavy (non-hydrogen) atoms. The Labute approximate surface area is 121 Å². The van der Waals surface area contributed by atoms with Gasteiger partial charge in [0, 0.05) is 5.39 Å². The van der Waals surface area contributed by atoms with Gasteiger partial charge in [-0.15, -0.1) is 0 Å². The Hall–Kier alpha value is -2.75. The molecule has 4 heteroatoms. The molecule has 0 fully saturated rings. The van der Waals surface area contributed by atoms with Gasteiger partial charge in [-0.2, -0.15) is 0 Å². The van der Waals surface area contributed by atoms with E-state index in [1.165, 1.54) is 24.3 Å². The minimum absolute atomic E-state index is 0.221. The van der Waals surface area contributed by atoms with Crippen molar-refractivity contribution in [2.24, 2.45) is 0 Å². The average Bonchev–Trinajstić information content (AvgIpc) is 2.50. The monoisotopic (exact) mass is 281 g/mol. The highest BCUT2D eigenvalue weighted by atomic mass is 19.1. The molecular formula is C17H12FNO2. The molecule has 0 aliphatic carbocycles. The van der Waals surface area contributed by atoms with E-state index in [9.17, 15) is 9.18 Å². The number of rotatable bonds is 3. The summed E-state index contributed by atoms with van der Waals surface area (Å²) in [6.07, 6.45) is 0.702. The van der Waals surface area contributed by atoms with Crippen LogP contribution in [0.15, 0.2) is 48.5 Å². The number of fused-ring (bicyclic) bond motifs is 1. The Morgan fingerprint density at radius 2 is 1.90 bits per heavy atom. The van der Waals surface area contributed by atoms with Crippen molar-refractivity contribution in [3.8, 4) is 11.6 Å². The lowest BCUT2D eigenvalue weighted by molar-refractivity contribution is 0.112. The van der Waals surface area contributed by atoms with Crippen molar-refractivity contribution < 1.29 is 13.9 Å². The van der Waals surface area contributed by atoms with Gasteiger partial charge in [0.25, 0.3) is 0 Å². The second kappa shape index (κ2) is 5.32. The maximum absolute atomic E-state index is 12.9. The minimum Gasteiger partial charge on any atom is -0.438 e. The van der Waals surface area contributed by atoms with Gasteiger partial charge in [-0.25, -0.2) is 9.37 Å². The first kappa shape index (κ1) is 13.2. The molecule has 3 aromatic rings. The van der Waals surface area contributed by atoms with E-state index in [-0.39, 0.29) is 11.7 Å². The van der Waals surface area contributed by atoms with Gasteiger partial charge >= 0.3 is 0 Å². The number of carbonyl (C=O) groups excluding carboxylic acids is 1. The van der Waals surface area contributed by atoms with E-state index in [2.05, 4.69) is 4.98 Å². The molecule has 1 heterocycles. The first-order valence-corrected chi connectivity index (χ1v) is 6.46. The second-order valence-electron chi connectivity index (χ2n) is 4.70. The van der Waals surface area contributed by atoms with E-state index >= 15 is 0 Å². The number of ether oxygens (including phenoxy) is 1. The van der Waals surface area contributed by atoms with Crippen molar-refractivity contribution in [3.63, 3.8) is 0 Å². The molecule has 0 aliphatic heterocycles. The van der Waals surface area contributed by atoms with Crippen LogP contribution in [0.25, 0.3) is 10.9 Å². The topological polar surface area (TPSA) is 39.2 Å². The van der Waals surface area contributed by atoms with Gasteiger partial charge in [0.1, 0.15) is 11.6 Å². The van der Waals surface area contributed by atoms with Crippen LogP contribution in [0, 0.1) is 12.7 Å². The fourth-order valence-corrected chi connectivity index (χ4v) is 2.13. The maximum atomic E-state index is 12.9. The van der Waals surface area contributed by atoms with Gasteiger partial charge in [-0.05, 0) is 42.8 Å². The van der Waals surface area contributed by atoms with Gasteiger partial charge < -0.3 is 4.74 Å². The largest absolute Gasteiger partial charge is 0.438 e. The normalized spacial score (nSPS) is 10.6. The van der Waals surface area contributed by atoms with Crippen LogP contribution in [0.3, 0.4) is 0 Å². The summed E-state index contributed by atoms with van der Waals surface area (Å²) in [4.78, 5) is 15.6. The molecular weight excluding hydrogens is 269 g/mol. The van der Waals surface area contributed by atoms with E-state index in [1.807, 2.05) is 25.1 Å². The zero-order chi connectivity index (χ0) is 14.8. The van der Waals surface area contributed by atoms with Crippen LogP contribution in [0.4, 0.5) is 4.39 Å². The number of pyridine rings is 1. The van der Waals surface area contributed by atoms with Gasteiger partial charge in [0.15, 0.2) is 6.29 Å². The number of nitrogens with zero attached hydrogens (tertiary/aromatic N) is 1. The smallest absolute Gasteiger partial charge is 0.230 e. The maximum Gasteiger partial charge on any atom is 0.230 e. The predicted molar refractivity (Wildman–Crippen MR) is 78.3 cm³/mol. The SMILES string of the molecule is Cc1cccc2cc(C=O)c(Oc3ccc(F)cc3)nc12. The number of aryl methyl sites for hydroxylation is 1. The van der Waals surface area contributed by atoms with Crippen molar-refractivity contribution in [1.29, 1.82) is 0 Å². The first-order valence-electron chi connectivity index (χ1n) is 6.46. The summed E-state index contributed by atoms with van der Waals surface area (Å²) in [6.45, 7) is 1.94. The van der Waals surface area contributed by atoms with Gasteiger partial charge in [-0.1, -0.05) is 18.2 Å². The van der Waals surface area contributed by atoms with E-state index in [1.54, 1.807) is 6.07 Å². The molecule has 0 unspecified atom stereocenters. The fourth-order valence-electron chi connectivity index (χ4n) is 2.13. The average molecular weight is 281 g/mol. The Kier molecular flexibility index (Phi) is 3.36. The van der Waals surface area contributed by atoms with Gasteiger partial charge in [0.2, 0.25) is 5.88 Å². The van der Waals surface area contributed by atoms with Gasteiger partial charge in [0.05, 0.1) is 11.1 Å². The Bertz CT molecular complexity index is 813. The number of carbonyl (C=O) groups is 1. The number of benzene rings is 2. The number of hydrogen-bond donors (Lipinski definition) is 0. The van der Waals surface area contributed by atoms with Crippen LogP contribution in [0.5, 0.6) is 11.6 Å². The highest BCUT2D eigenvalue weighted by Gasteiger charge is 2.10. The molecule has 0 amide bonds. The van der Waals surface area contributed by atoms with Crippen LogP contribution in [-0.2, 0) is 0 Å². The minimum atomic E-state index is -0.347. The molecule has 0 bridgehead atoms. The van der Waals surface area contributed by atoms with Crippen molar-refractivity contribution in [3.05, 3.63) is 65.5 Å². The number of para-hydroxylation sites is 1. The summed E-state index contributed by atoms with van der Waals surface area (Å²) >= 11 is 0. The summed E-state index contributed by atoms with van der Waals surface area (Å²) in [5.41, 5.74) is 2.13. The molecule has 0 saturated heterocycles. The molecule has 3 nitrogen and oxygen atoms in total. The zero-order valence-corrected chi connectivity index (χ0v) is 11.3. The van der Waals surface area contributed by atoms with Crippen molar-refractivity contribution in [2.75, 3.05) is 0 Å². The summed E-state index contributed by atoms with van der Waals surface area (Å²) < 4.78 is 18.5. The lowest BCUT2D eigenvalue weighted by Crippen LogP contribution is -1.96. The fraction of sp³-hybridized carbons (Fsp3) is 0.0588. The van der Waals surface area contributed by atoms with Crippen LogP contribution in [0.2, 0.25) is 0 Å². The van der Waals surface area contributed by atoms with Crippen LogP contribution >= 0.6 is 0 Å². The molecule has 104 valence electrons. The molecule has 2 aromatic carbocycles. The number of halogens is 1. The molecule has 0 spiro atoms. The highest BCUT2D eigenvalue weighted by molar-refractivity contribution is 5.90. The van der Waals surface area contributed by atoms with Crippen LogP contribution < -0.4 is 4.74 Å². The molecule has 0 saturated carbocycles. The van der Waals surface area contributed by atoms with E-state index in [0.29, 0.717) is 17.6 Å². The summed E-state index contributed by atoms with van der Waals surface area (Å²) in [5, 5.41) is 0.878. The quantitative estimate of drug-likeness (QED) is 0.672. The Morgan fingerprint density at radius 1 is 1.14 bits per heavy atom. The highest BCUT2D eigenvalue weighted by Crippen LogP contribution is 2.27. The Morgan fingerprint density at radius 3 is 2.62 bits per heavy atom. The third kappa shape index (κ3) is 2.60.